The van der Waals surface area contributed by atoms with Gasteiger partial charge in [0.2, 0.25) is 10.0 Å². The number of carbonyl (C=O) groups excluding carboxylic acids is 1. The molecule has 0 saturated heterocycles. The summed E-state index contributed by atoms with van der Waals surface area (Å²) in [5.74, 6) is -0.0636. The number of nitrogens with zero attached hydrogens (tertiary/aromatic N) is 2. The van der Waals surface area contributed by atoms with Crippen LogP contribution in [0.3, 0.4) is 0 Å². The Kier molecular flexibility index (Phi) is 5.44. The summed E-state index contributed by atoms with van der Waals surface area (Å²) in [4.78, 5) is 14.8. The van der Waals surface area contributed by atoms with Gasteiger partial charge in [0.1, 0.15) is 0 Å². The number of benzene rings is 2. The van der Waals surface area contributed by atoms with Crippen molar-refractivity contribution in [1.82, 2.24) is 9.21 Å². The fourth-order valence-electron chi connectivity index (χ4n) is 3.33. The first kappa shape index (κ1) is 18.6. The standard InChI is InChI=1S/C20H24N2O3S/c1-3-22(4-2)26(24,25)19-11-9-17(10-12-19)20(23)21-14-13-16-7-5-6-8-18(16)15-21/h5-12H,3-4,13-15H2,1-2H3. The first-order valence-corrected chi connectivity index (χ1v) is 10.4. The van der Waals surface area contributed by atoms with Crippen LogP contribution < -0.4 is 0 Å². The van der Waals surface area contributed by atoms with E-state index in [2.05, 4.69) is 12.1 Å². The highest BCUT2D eigenvalue weighted by atomic mass is 32.2. The van der Waals surface area contributed by atoms with Gasteiger partial charge < -0.3 is 4.90 Å². The van der Waals surface area contributed by atoms with Crippen LogP contribution in [0.4, 0.5) is 0 Å². The van der Waals surface area contributed by atoms with E-state index in [1.807, 2.05) is 30.9 Å². The molecule has 0 N–H and O–H groups in total. The molecule has 0 saturated carbocycles. The lowest BCUT2D eigenvalue weighted by molar-refractivity contribution is 0.0734. The third-order valence-corrected chi connectivity index (χ3v) is 6.93. The van der Waals surface area contributed by atoms with Crippen LogP contribution in [-0.4, -0.2) is 43.2 Å². The molecule has 5 nitrogen and oxygen atoms in total. The Bertz CT molecular complexity index is 888. The minimum atomic E-state index is -3.50. The second-order valence-electron chi connectivity index (χ2n) is 6.36. The molecule has 3 rings (SSSR count). The molecule has 138 valence electrons. The number of carbonyl (C=O) groups is 1. The number of hydrogen-bond donors (Lipinski definition) is 0. The maximum absolute atomic E-state index is 12.8. The summed E-state index contributed by atoms with van der Waals surface area (Å²) in [6.07, 6.45) is 0.844. The van der Waals surface area contributed by atoms with Crippen LogP contribution in [0.25, 0.3) is 0 Å². The lowest BCUT2D eigenvalue weighted by Gasteiger charge is -2.29. The van der Waals surface area contributed by atoms with E-state index in [9.17, 15) is 13.2 Å². The number of amides is 1. The van der Waals surface area contributed by atoms with Crippen molar-refractivity contribution in [2.45, 2.75) is 31.7 Å². The lowest BCUT2D eigenvalue weighted by Crippen LogP contribution is -2.36. The van der Waals surface area contributed by atoms with E-state index in [0.29, 0.717) is 31.7 Å². The van der Waals surface area contributed by atoms with Crippen molar-refractivity contribution in [2.75, 3.05) is 19.6 Å². The van der Waals surface area contributed by atoms with E-state index in [0.717, 1.165) is 6.42 Å². The van der Waals surface area contributed by atoms with Crippen molar-refractivity contribution in [3.05, 3.63) is 65.2 Å². The first-order chi connectivity index (χ1) is 12.5. The zero-order valence-corrected chi connectivity index (χ0v) is 16.0. The maximum Gasteiger partial charge on any atom is 0.254 e. The molecule has 1 heterocycles. The van der Waals surface area contributed by atoms with Gasteiger partial charge in [-0.15, -0.1) is 0 Å². The van der Waals surface area contributed by atoms with Crippen molar-refractivity contribution in [2.24, 2.45) is 0 Å². The molecule has 2 aromatic carbocycles. The maximum atomic E-state index is 12.8. The zero-order chi connectivity index (χ0) is 18.7. The molecule has 0 bridgehead atoms. The fraction of sp³-hybridized carbons (Fsp3) is 0.350. The second kappa shape index (κ2) is 7.60. The van der Waals surface area contributed by atoms with E-state index >= 15 is 0 Å². The fourth-order valence-corrected chi connectivity index (χ4v) is 4.79. The molecule has 0 radical (unpaired) electrons. The van der Waals surface area contributed by atoms with E-state index in [-0.39, 0.29) is 10.8 Å². The molecule has 0 aliphatic carbocycles. The van der Waals surface area contributed by atoms with Gasteiger partial charge in [0.05, 0.1) is 4.90 Å². The first-order valence-electron chi connectivity index (χ1n) is 8.93. The van der Waals surface area contributed by atoms with Crippen LogP contribution in [-0.2, 0) is 23.0 Å². The normalized spacial score (nSPS) is 14.3. The van der Waals surface area contributed by atoms with Crippen LogP contribution in [0, 0.1) is 0 Å². The third kappa shape index (κ3) is 3.52. The second-order valence-corrected chi connectivity index (χ2v) is 8.30. The van der Waals surface area contributed by atoms with Crippen LogP contribution in [0.5, 0.6) is 0 Å². The number of sulfonamides is 1. The molecule has 6 heteroatoms. The summed E-state index contributed by atoms with van der Waals surface area (Å²) in [7, 11) is -3.50. The Balaban J connectivity index is 1.78. The van der Waals surface area contributed by atoms with Crippen molar-refractivity contribution >= 4 is 15.9 Å². The Morgan fingerprint density at radius 1 is 1.00 bits per heavy atom. The van der Waals surface area contributed by atoms with Gasteiger partial charge in [-0.1, -0.05) is 38.1 Å². The van der Waals surface area contributed by atoms with Gasteiger partial charge in [-0.2, -0.15) is 4.31 Å². The van der Waals surface area contributed by atoms with Crippen LogP contribution in [0.15, 0.2) is 53.4 Å². The van der Waals surface area contributed by atoms with Crippen molar-refractivity contribution < 1.29 is 13.2 Å². The van der Waals surface area contributed by atoms with Gasteiger partial charge in [-0.25, -0.2) is 8.42 Å². The molecule has 1 aliphatic heterocycles. The van der Waals surface area contributed by atoms with Gasteiger partial charge in [0, 0.05) is 31.7 Å². The molecular formula is C20H24N2O3S. The molecule has 0 unspecified atom stereocenters. The molecule has 0 spiro atoms. The van der Waals surface area contributed by atoms with Crippen molar-refractivity contribution in [3.8, 4) is 0 Å². The van der Waals surface area contributed by atoms with E-state index < -0.39 is 10.0 Å². The largest absolute Gasteiger partial charge is 0.334 e. The summed E-state index contributed by atoms with van der Waals surface area (Å²) >= 11 is 0. The smallest absolute Gasteiger partial charge is 0.254 e. The molecule has 26 heavy (non-hydrogen) atoms. The SMILES string of the molecule is CCN(CC)S(=O)(=O)c1ccc(C(=O)N2CCc3ccccc3C2)cc1. The van der Waals surface area contributed by atoms with Crippen molar-refractivity contribution in [1.29, 1.82) is 0 Å². The Morgan fingerprint density at radius 2 is 1.62 bits per heavy atom. The Morgan fingerprint density at radius 3 is 2.23 bits per heavy atom. The topological polar surface area (TPSA) is 57.7 Å². The minimum absolute atomic E-state index is 0.0636. The molecule has 2 aromatic rings. The lowest BCUT2D eigenvalue weighted by atomic mass is 9.99. The van der Waals surface area contributed by atoms with Crippen molar-refractivity contribution in [3.63, 3.8) is 0 Å². The molecule has 0 fully saturated rings. The van der Waals surface area contributed by atoms with Gasteiger partial charge in [0.15, 0.2) is 0 Å². The van der Waals surface area contributed by atoms with E-state index in [1.165, 1.54) is 27.6 Å². The summed E-state index contributed by atoms with van der Waals surface area (Å²) in [5.41, 5.74) is 2.98. The minimum Gasteiger partial charge on any atom is -0.334 e. The summed E-state index contributed by atoms with van der Waals surface area (Å²) in [5, 5.41) is 0. The van der Waals surface area contributed by atoms with E-state index in [4.69, 9.17) is 0 Å². The van der Waals surface area contributed by atoms with Gasteiger partial charge in [-0.3, -0.25) is 4.79 Å². The highest BCUT2D eigenvalue weighted by Crippen LogP contribution is 2.21. The highest BCUT2D eigenvalue weighted by Gasteiger charge is 2.24. The summed E-state index contributed by atoms with van der Waals surface area (Å²) < 4.78 is 26.5. The number of rotatable bonds is 5. The van der Waals surface area contributed by atoms with Gasteiger partial charge >= 0.3 is 0 Å². The Labute approximate surface area is 155 Å². The van der Waals surface area contributed by atoms with Gasteiger partial charge in [0.25, 0.3) is 5.91 Å². The molecule has 0 atom stereocenters. The summed E-state index contributed by atoms with van der Waals surface area (Å²) in [6.45, 7) is 5.74. The number of fused-ring (bicyclic) bond motifs is 1. The predicted molar refractivity (Wildman–Crippen MR) is 101 cm³/mol. The predicted octanol–water partition coefficient (Wildman–Crippen LogP) is 2.92. The van der Waals surface area contributed by atoms with E-state index in [1.54, 1.807) is 12.1 Å². The zero-order valence-electron chi connectivity index (χ0n) is 15.2. The molecule has 1 amide bonds. The molecular weight excluding hydrogens is 348 g/mol. The number of hydrogen-bond acceptors (Lipinski definition) is 3. The third-order valence-electron chi connectivity index (χ3n) is 4.86. The van der Waals surface area contributed by atoms with Crippen LogP contribution >= 0.6 is 0 Å². The van der Waals surface area contributed by atoms with Crippen LogP contribution in [0.1, 0.15) is 35.3 Å². The highest BCUT2D eigenvalue weighted by molar-refractivity contribution is 7.89. The molecule has 1 aliphatic rings. The molecule has 0 aromatic heterocycles. The quantitative estimate of drug-likeness (QED) is 0.811. The average Bonchev–Trinajstić information content (AvgIpc) is 2.68. The summed E-state index contributed by atoms with van der Waals surface area (Å²) in [6, 6.07) is 14.4. The van der Waals surface area contributed by atoms with Crippen LogP contribution in [0.2, 0.25) is 0 Å². The Hall–Kier alpha value is -2.18. The van der Waals surface area contributed by atoms with Gasteiger partial charge in [-0.05, 0) is 41.8 Å². The monoisotopic (exact) mass is 372 g/mol. The average molecular weight is 372 g/mol.